The van der Waals surface area contributed by atoms with E-state index in [0.29, 0.717) is 12.0 Å². The Labute approximate surface area is 111 Å². The normalized spacial score (nSPS) is 13.2. The first-order valence-corrected chi connectivity index (χ1v) is 7.09. The fraction of sp³-hybridized carbons (Fsp3) is 0.786. The predicted octanol–water partition coefficient (Wildman–Crippen LogP) is 2.09. The lowest BCUT2D eigenvalue weighted by Crippen LogP contribution is -2.37. The van der Waals surface area contributed by atoms with E-state index >= 15 is 0 Å². The third-order valence-corrected chi connectivity index (χ3v) is 2.83. The van der Waals surface area contributed by atoms with Gasteiger partial charge in [0.2, 0.25) is 0 Å². The van der Waals surface area contributed by atoms with Crippen LogP contribution in [-0.2, 0) is 13.0 Å². The molecule has 0 saturated heterocycles. The lowest BCUT2D eigenvalue weighted by molar-refractivity contribution is 0.470. The fourth-order valence-corrected chi connectivity index (χ4v) is 1.83. The van der Waals surface area contributed by atoms with Gasteiger partial charge in [-0.3, -0.25) is 5.10 Å². The minimum Gasteiger partial charge on any atom is -0.315 e. The summed E-state index contributed by atoms with van der Waals surface area (Å²) in [4.78, 5) is 0. The standard InChI is InChI=1S/C14H28N4/c1-5-6-13-7-14(18-17-13)10-16-12(4)9-15-8-11(2)3/h7,11-12,15-16H,5-6,8-10H2,1-4H3,(H,17,18). The molecule has 1 atom stereocenters. The molecule has 4 heteroatoms. The van der Waals surface area contributed by atoms with Crippen molar-refractivity contribution >= 4 is 0 Å². The van der Waals surface area contributed by atoms with Crippen LogP contribution >= 0.6 is 0 Å². The zero-order valence-electron chi connectivity index (χ0n) is 12.2. The quantitative estimate of drug-likeness (QED) is 0.631. The summed E-state index contributed by atoms with van der Waals surface area (Å²) in [6, 6.07) is 2.63. The van der Waals surface area contributed by atoms with Gasteiger partial charge >= 0.3 is 0 Å². The van der Waals surface area contributed by atoms with Crippen LogP contribution in [-0.4, -0.2) is 29.3 Å². The largest absolute Gasteiger partial charge is 0.315 e. The molecule has 0 amide bonds. The topological polar surface area (TPSA) is 52.7 Å². The van der Waals surface area contributed by atoms with Gasteiger partial charge in [-0.25, -0.2) is 0 Å². The van der Waals surface area contributed by atoms with Crippen molar-refractivity contribution in [3.8, 4) is 0 Å². The van der Waals surface area contributed by atoms with E-state index in [0.717, 1.165) is 32.5 Å². The summed E-state index contributed by atoms with van der Waals surface area (Å²) >= 11 is 0. The molecular formula is C14H28N4. The van der Waals surface area contributed by atoms with Gasteiger partial charge in [-0.05, 0) is 31.9 Å². The number of nitrogens with zero attached hydrogens (tertiary/aromatic N) is 1. The van der Waals surface area contributed by atoms with Crippen molar-refractivity contribution in [1.82, 2.24) is 20.8 Å². The van der Waals surface area contributed by atoms with Gasteiger partial charge in [0.1, 0.15) is 0 Å². The Morgan fingerprint density at radius 2 is 2.06 bits per heavy atom. The molecule has 0 fully saturated rings. The van der Waals surface area contributed by atoms with Crippen LogP contribution in [0.15, 0.2) is 6.07 Å². The predicted molar refractivity (Wildman–Crippen MR) is 76.6 cm³/mol. The van der Waals surface area contributed by atoms with E-state index < -0.39 is 0 Å². The highest BCUT2D eigenvalue weighted by Crippen LogP contribution is 2.02. The summed E-state index contributed by atoms with van der Waals surface area (Å²) < 4.78 is 0. The summed E-state index contributed by atoms with van der Waals surface area (Å²) in [5.41, 5.74) is 2.34. The van der Waals surface area contributed by atoms with Crippen LogP contribution in [0.1, 0.15) is 45.5 Å². The average Bonchev–Trinajstić information content (AvgIpc) is 2.74. The van der Waals surface area contributed by atoms with Gasteiger partial charge in [0.25, 0.3) is 0 Å². The van der Waals surface area contributed by atoms with Crippen molar-refractivity contribution in [2.75, 3.05) is 13.1 Å². The molecule has 0 aliphatic heterocycles. The third kappa shape index (κ3) is 6.17. The number of nitrogens with one attached hydrogen (secondary N) is 3. The van der Waals surface area contributed by atoms with Crippen molar-refractivity contribution in [3.63, 3.8) is 0 Å². The van der Waals surface area contributed by atoms with Crippen LogP contribution in [0.2, 0.25) is 0 Å². The second-order valence-corrected chi connectivity index (χ2v) is 5.47. The first-order chi connectivity index (χ1) is 8.61. The lowest BCUT2D eigenvalue weighted by atomic mass is 10.2. The smallest absolute Gasteiger partial charge is 0.0625 e. The van der Waals surface area contributed by atoms with Gasteiger partial charge in [0, 0.05) is 24.8 Å². The molecule has 1 unspecified atom stereocenters. The van der Waals surface area contributed by atoms with Crippen LogP contribution < -0.4 is 10.6 Å². The molecule has 0 aliphatic carbocycles. The molecular weight excluding hydrogens is 224 g/mol. The molecule has 0 spiro atoms. The summed E-state index contributed by atoms with van der Waals surface area (Å²) in [6.07, 6.45) is 2.20. The first-order valence-electron chi connectivity index (χ1n) is 7.09. The fourth-order valence-electron chi connectivity index (χ4n) is 1.83. The van der Waals surface area contributed by atoms with Crippen molar-refractivity contribution in [2.24, 2.45) is 5.92 Å². The summed E-state index contributed by atoms with van der Waals surface area (Å²) in [7, 11) is 0. The van der Waals surface area contributed by atoms with Gasteiger partial charge < -0.3 is 10.6 Å². The number of hydrogen-bond donors (Lipinski definition) is 3. The van der Waals surface area contributed by atoms with Crippen LogP contribution in [0, 0.1) is 5.92 Å². The van der Waals surface area contributed by atoms with E-state index in [9.17, 15) is 0 Å². The molecule has 4 nitrogen and oxygen atoms in total. The van der Waals surface area contributed by atoms with Gasteiger partial charge in [0.15, 0.2) is 0 Å². The summed E-state index contributed by atoms with van der Waals surface area (Å²) in [5, 5.41) is 14.3. The zero-order chi connectivity index (χ0) is 13.4. The van der Waals surface area contributed by atoms with E-state index in [-0.39, 0.29) is 0 Å². The van der Waals surface area contributed by atoms with Gasteiger partial charge in [-0.2, -0.15) is 5.10 Å². The Morgan fingerprint density at radius 1 is 1.28 bits per heavy atom. The molecule has 3 N–H and O–H groups in total. The molecule has 1 heterocycles. The Bertz CT molecular complexity index is 319. The molecule has 18 heavy (non-hydrogen) atoms. The van der Waals surface area contributed by atoms with Crippen LogP contribution in [0.3, 0.4) is 0 Å². The summed E-state index contributed by atoms with van der Waals surface area (Å²) in [6.45, 7) is 11.8. The van der Waals surface area contributed by atoms with Crippen molar-refractivity contribution < 1.29 is 0 Å². The van der Waals surface area contributed by atoms with Crippen molar-refractivity contribution in [1.29, 1.82) is 0 Å². The minimum atomic E-state index is 0.474. The number of aromatic amines is 1. The van der Waals surface area contributed by atoms with Crippen molar-refractivity contribution in [2.45, 2.75) is 53.1 Å². The maximum absolute atomic E-state index is 4.29. The molecule has 1 rings (SSSR count). The average molecular weight is 252 g/mol. The van der Waals surface area contributed by atoms with E-state index in [4.69, 9.17) is 0 Å². The SMILES string of the molecule is CCCc1cc(CNC(C)CNCC(C)C)[nH]n1. The number of aromatic nitrogens is 2. The Kier molecular flexibility index (Phi) is 6.98. The molecule has 0 aliphatic rings. The van der Waals surface area contributed by atoms with E-state index in [1.54, 1.807) is 0 Å². The Morgan fingerprint density at radius 3 is 2.72 bits per heavy atom. The first kappa shape index (κ1) is 15.2. The monoisotopic (exact) mass is 252 g/mol. The highest BCUT2D eigenvalue weighted by Gasteiger charge is 2.04. The number of H-pyrrole nitrogens is 1. The van der Waals surface area contributed by atoms with Crippen LogP contribution in [0.5, 0.6) is 0 Å². The van der Waals surface area contributed by atoms with Gasteiger partial charge in [-0.1, -0.05) is 27.2 Å². The molecule has 0 saturated carbocycles. The van der Waals surface area contributed by atoms with Crippen molar-refractivity contribution in [3.05, 3.63) is 17.5 Å². The molecule has 0 aromatic carbocycles. The maximum Gasteiger partial charge on any atom is 0.0625 e. The second-order valence-electron chi connectivity index (χ2n) is 5.47. The molecule has 1 aromatic heterocycles. The summed E-state index contributed by atoms with van der Waals surface area (Å²) in [5.74, 6) is 0.710. The van der Waals surface area contributed by atoms with E-state index in [1.807, 2.05) is 0 Å². The van der Waals surface area contributed by atoms with Crippen LogP contribution in [0.4, 0.5) is 0 Å². The second kappa shape index (κ2) is 8.27. The third-order valence-electron chi connectivity index (χ3n) is 2.83. The number of rotatable bonds is 9. The van der Waals surface area contributed by atoms with Gasteiger partial charge in [0.05, 0.1) is 5.69 Å². The number of hydrogen-bond acceptors (Lipinski definition) is 3. The Hall–Kier alpha value is -0.870. The lowest BCUT2D eigenvalue weighted by Gasteiger charge is -2.15. The molecule has 0 bridgehead atoms. The Balaban J connectivity index is 2.18. The minimum absolute atomic E-state index is 0.474. The molecule has 1 aromatic rings. The highest BCUT2D eigenvalue weighted by molar-refractivity contribution is 5.08. The highest BCUT2D eigenvalue weighted by atomic mass is 15.1. The van der Waals surface area contributed by atoms with Gasteiger partial charge in [-0.15, -0.1) is 0 Å². The van der Waals surface area contributed by atoms with Crippen LogP contribution in [0.25, 0.3) is 0 Å². The number of aryl methyl sites for hydroxylation is 1. The zero-order valence-corrected chi connectivity index (χ0v) is 12.2. The van der Waals surface area contributed by atoms with E-state index in [2.05, 4.69) is 54.6 Å². The molecule has 104 valence electrons. The molecule has 0 radical (unpaired) electrons. The maximum atomic E-state index is 4.29. The van der Waals surface area contributed by atoms with E-state index in [1.165, 1.54) is 11.4 Å².